The molecule has 0 N–H and O–H groups in total. The number of carbonyl (C=O) groups excluding carboxylic acids is 2. The lowest BCUT2D eigenvalue weighted by Crippen LogP contribution is -2.50. The molecule has 32 heavy (non-hydrogen) atoms. The quantitative estimate of drug-likeness (QED) is 0.610. The largest absolute Gasteiger partial charge is 0.339 e. The number of hydrogen-bond donors (Lipinski definition) is 0. The first kappa shape index (κ1) is 20.8. The van der Waals surface area contributed by atoms with E-state index in [-0.39, 0.29) is 11.8 Å². The van der Waals surface area contributed by atoms with E-state index >= 15 is 0 Å². The number of aryl methyl sites for hydroxylation is 2. The van der Waals surface area contributed by atoms with Crippen molar-refractivity contribution in [3.05, 3.63) is 45.5 Å². The van der Waals surface area contributed by atoms with Gasteiger partial charge in [0.2, 0.25) is 5.91 Å². The minimum Gasteiger partial charge on any atom is -0.339 e. The molecule has 4 heterocycles. The van der Waals surface area contributed by atoms with Crippen LogP contribution in [-0.2, 0) is 4.79 Å². The molecule has 9 heteroatoms. The molecule has 0 unspecified atom stereocenters. The Morgan fingerprint density at radius 3 is 2.44 bits per heavy atom. The van der Waals surface area contributed by atoms with Crippen LogP contribution in [0.1, 0.15) is 51.5 Å². The van der Waals surface area contributed by atoms with Crippen LogP contribution < -0.4 is 0 Å². The number of amides is 2. The zero-order valence-electron chi connectivity index (χ0n) is 18.5. The van der Waals surface area contributed by atoms with Crippen molar-refractivity contribution in [2.24, 2.45) is 0 Å². The molecular formula is C23H26N6O2S. The molecule has 1 aliphatic carbocycles. The molecule has 2 amide bonds. The van der Waals surface area contributed by atoms with Crippen molar-refractivity contribution in [2.75, 3.05) is 26.2 Å². The number of nitrogens with zero attached hydrogens (tertiary/aromatic N) is 6. The van der Waals surface area contributed by atoms with Crippen molar-refractivity contribution in [3.8, 4) is 17.2 Å². The Morgan fingerprint density at radius 2 is 1.81 bits per heavy atom. The van der Waals surface area contributed by atoms with Crippen LogP contribution in [0.25, 0.3) is 17.2 Å². The third-order valence-electron chi connectivity index (χ3n) is 6.16. The predicted molar refractivity (Wildman–Crippen MR) is 122 cm³/mol. The summed E-state index contributed by atoms with van der Waals surface area (Å²) in [5, 5.41) is 4.55. The van der Waals surface area contributed by atoms with Crippen molar-refractivity contribution in [1.29, 1.82) is 0 Å². The summed E-state index contributed by atoms with van der Waals surface area (Å²) in [5.74, 6) is 0.818. The molecule has 3 aromatic rings. The van der Waals surface area contributed by atoms with Gasteiger partial charge in [-0.25, -0.2) is 14.6 Å². The lowest BCUT2D eigenvalue weighted by Gasteiger charge is -2.34. The molecule has 2 fully saturated rings. The highest BCUT2D eigenvalue weighted by Crippen LogP contribution is 2.42. The summed E-state index contributed by atoms with van der Waals surface area (Å²) in [6.07, 6.45) is 5.48. The van der Waals surface area contributed by atoms with Gasteiger partial charge in [-0.15, -0.1) is 11.3 Å². The normalized spacial score (nSPS) is 16.5. The first-order valence-electron chi connectivity index (χ1n) is 11.0. The van der Waals surface area contributed by atoms with E-state index in [2.05, 4.69) is 30.0 Å². The molecule has 0 atom stereocenters. The summed E-state index contributed by atoms with van der Waals surface area (Å²) >= 11 is 1.75. The van der Waals surface area contributed by atoms with E-state index in [1.807, 2.05) is 11.0 Å². The number of aromatic nitrogens is 4. The van der Waals surface area contributed by atoms with E-state index in [1.165, 1.54) is 9.75 Å². The van der Waals surface area contributed by atoms with Gasteiger partial charge in [0.15, 0.2) is 0 Å². The maximum atomic E-state index is 13.3. The molecule has 1 saturated heterocycles. The van der Waals surface area contributed by atoms with E-state index in [9.17, 15) is 9.59 Å². The number of hydrogen-bond acceptors (Lipinski definition) is 6. The zero-order chi connectivity index (χ0) is 22.4. The van der Waals surface area contributed by atoms with Crippen LogP contribution in [0.4, 0.5) is 0 Å². The van der Waals surface area contributed by atoms with E-state index in [1.54, 1.807) is 40.2 Å². The number of rotatable bonds is 4. The van der Waals surface area contributed by atoms with Crippen molar-refractivity contribution in [2.45, 2.75) is 39.5 Å². The van der Waals surface area contributed by atoms with E-state index in [4.69, 9.17) is 4.98 Å². The summed E-state index contributed by atoms with van der Waals surface area (Å²) in [5.41, 5.74) is 3.50. The highest BCUT2D eigenvalue weighted by atomic mass is 32.1. The molecule has 5 rings (SSSR count). The summed E-state index contributed by atoms with van der Waals surface area (Å²) in [6, 6.07) is 4.06. The molecule has 0 aromatic carbocycles. The fraction of sp³-hybridized carbons (Fsp3) is 0.435. The van der Waals surface area contributed by atoms with Gasteiger partial charge < -0.3 is 9.80 Å². The van der Waals surface area contributed by atoms with E-state index < -0.39 is 0 Å². The maximum Gasteiger partial charge on any atom is 0.257 e. The molecule has 0 bridgehead atoms. The van der Waals surface area contributed by atoms with Gasteiger partial charge in [-0.05, 0) is 38.8 Å². The second-order valence-corrected chi connectivity index (χ2v) is 9.96. The van der Waals surface area contributed by atoms with Gasteiger partial charge in [-0.2, -0.15) is 5.10 Å². The van der Waals surface area contributed by atoms with Gasteiger partial charge in [-0.3, -0.25) is 9.59 Å². The van der Waals surface area contributed by atoms with Crippen LogP contribution in [0.15, 0.2) is 24.5 Å². The van der Waals surface area contributed by atoms with Crippen molar-refractivity contribution in [3.63, 3.8) is 0 Å². The molecule has 1 saturated carbocycles. The number of thiophene rings is 1. The summed E-state index contributed by atoms with van der Waals surface area (Å²) < 4.78 is 1.74. The fourth-order valence-electron chi connectivity index (χ4n) is 4.31. The Kier molecular flexibility index (Phi) is 5.28. The Hall–Kier alpha value is -3.07. The second-order valence-electron chi connectivity index (χ2n) is 8.50. The number of piperazine rings is 1. The SMILES string of the molecule is CC(=O)N1CCN(C(=O)c2cnn(-c3nccc(-c4cc(C)sc4C)n3)c2C2CC2)CC1. The van der Waals surface area contributed by atoms with Gasteiger partial charge in [0, 0.05) is 60.5 Å². The Labute approximate surface area is 190 Å². The molecule has 166 valence electrons. The first-order valence-corrected chi connectivity index (χ1v) is 11.8. The minimum atomic E-state index is -0.0261. The Bertz CT molecular complexity index is 1190. The van der Waals surface area contributed by atoms with Crippen LogP contribution in [0.2, 0.25) is 0 Å². The average molecular weight is 451 g/mol. The fourth-order valence-corrected chi connectivity index (χ4v) is 5.25. The lowest BCUT2D eigenvalue weighted by atomic mass is 10.1. The van der Waals surface area contributed by atoms with Crippen molar-refractivity contribution >= 4 is 23.2 Å². The lowest BCUT2D eigenvalue weighted by molar-refractivity contribution is -0.130. The van der Waals surface area contributed by atoms with Crippen LogP contribution in [0.5, 0.6) is 0 Å². The van der Waals surface area contributed by atoms with Gasteiger partial charge in [0.25, 0.3) is 11.9 Å². The topological polar surface area (TPSA) is 84.2 Å². The van der Waals surface area contributed by atoms with Crippen LogP contribution in [-0.4, -0.2) is 67.5 Å². The Morgan fingerprint density at radius 1 is 1.09 bits per heavy atom. The molecule has 0 radical (unpaired) electrons. The summed E-state index contributed by atoms with van der Waals surface area (Å²) in [6.45, 7) is 7.97. The van der Waals surface area contributed by atoms with Gasteiger partial charge >= 0.3 is 0 Å². The van der Waals surface area contributed by atoms with Crippen LogP contribution in [0.3, 0.4) is 0 Å². The third-order valence-corrected chi connectivity index (χ3v) is 7.13. The molecule has 1 aliphatic heterocycles. The third kappa shape index (κ3) is 3.81. The zero-order valence-corrected chi connectivity index (χ0v) is 19.4. The predicted octanol–water partition coefficient (Wildman–Crippen LogP) is 3.19. The summed E-state index contributed by atoms with van der Waals surface area (Å²) in [7, 11) is 0. The van der Waals surface area contributed by atoms with Gasteiger partial charge in [-0.1, -0.05) is 0 Å². The van der Waals surface area contributed by atoms with E-state index in [0.29, 0.717) is 43.6 Å². The van der Waals surface area contributed by atoms with Crippen molar-refractivity contribution < 1.29 is 9.59 Å². The second kappa shape index (κ2) is 8.12. The standard InChI is InChI=1S/C23H26N6O2S/c1-14-12-18(15(2)32-14)20-6-7-24-23(26-20)29-21(17-4-5-17)19(13-25-29)22(31)28-10-8-27(9-11-28)16(3)30/h6-7,12-13,17H,4-5,8-11H2,1-3H3. The van der Waals surface area contributed by atoms with Crippen LogP contribution in [0, 0.1) is 13.8 Å². The molecule has 8 nitrogen and oxygen atoms in total. The molecule has 3 aromatic heterocycles. The summed E-state index contributed by atoms with van der Waals surface area (Å²) in [4.78, 5) is 40.3. The van der Waals surface area contributed by atoms with Crippen LogP contribution >= 0.6 is 11.3 Å². The monoisotopic (exact) mass is 450 g/mol. The smallest absolute Gasteiger partial charge is 0.257 e. The molecular weight excluding hydrogens is 424 g/mol. The number of carbonyl (C=O) groups is 2. The minimum absolute atomic E-state index is 0.0261. The highest BCUT2D eigenvalue weighted by molar-refractivity contribution is 7.12. The van der Waals surface area contributed by atoms with Crippen molar-refractivity contribution in [1.82, 2.24) is 29.5 Å². The average Bonchev–Trinajstić information content (AvgIpc) is 3.44. The molecule has 0 spiro atoms. The highest BCUT2D eigenvalue weighted by Gasteiger charge is 2.35. The van der Waals surface area contributed by atoms with Gasteiger partial charge in [0.05, 0.1) is 23.1 Å². The maximum absolute atomic E-state index is 13.3. The Balaban J connectivity index is 1.46. The van der Waals surface area contributed by atoms with Gasteiger partial charge in [0.1, 0.15) is 0 Å². The first-order chi connectivity index (χ1) is 15.4. The van der Waals surface area contributed by atoms with E-state index in [0.717, 1.165) is 29.8 Å². The molecule has 2 aliphatic rings.